The summed E-state index contributed by atoms with van der Waals surface area (Å²) in [4.78, 5) is 21.6. The van der Waals surface area contributed by atoms with E-state index >= 15 is 0 Å². The maximum absolute atomic E-state index is 11.0. The smallest absolute Gasteiger partial charge is 0.287 e. The van der Waals surface area contributed by atoms with Crippen molar-refractivity contribution in [1.82, 2.24) is 0 Å². The Kier molecular flexibility index (Phi) is 8.48. The summed E-state index contributed by atoms with van der Waals surface area (Å²) in [6.45, 7) is 5.18. The molecule has 0 aromatic carbocycles. The van der Waals surface area contributed by atoms with Gasteiger partial charge in [0, 0.05) is 20.1 Å². The van der Waals surface area contributed by atoms with Crippen LogP contribution in [0.5, 0.6) is 0 Å². The Labute approximate surface area is 88.7 Å². The Hall–Kier alpha value is -0.208. The van der Waals surface area contributed by atoms with E-state index in [-0.39, 0.29) is 30.6 Å². The van der Waals surface area contributed by atoms with Gasteiger partial charge in [-0.25, -0.2) is 0 Å². The van der Waals surface area contributed by atoms with E-state index in [1.54, 1.807) is 13.8 Å². The Morgan fingerprint density at radius 3 is 1.85 bits per heavy atom. The predicted molar refractivity (Wildman–Crippen MR) is 52.7 cm³/mol. The SMILES string of the molecule is CCOC(C=O)(OCC)C(C)=O.[AlH3]. The first-order valence-electron chi connectivity index (χ1n) is 3.88. The van der Waals surface area contributed by atoms with Gasteiger partial charge in [0.2, 0.25) is 0 Å². The van der Waals surface area contributed by atoms with Gasteiger partial charge < -0.3 is 9.47 Å². The van der Waals surface area contributed by atoms with E-state index in [0.29, 0.717) is 6.29 Å². The lowest BCUT2D eigenvalue weighted by Crippen LogP contribution is -2.44. The summed E-state index contributed by atoms with van der Waals surface area (Å²) in [6.07, 6.45) is 0.391. The van der Waals surface area contributed by atoms with Crippen molar-refractivity contribution < 1.29 is 19.1 Å². The second-order valence-corrected chi connectivity index (χ2v) is 2.21. The van der Waals surface area contributed by atoms with E-state index in [1.807, 2.05) is 0 Å². The summed E-state index contributed by atoms with van der Waals surface area (Å²) in [6, 6.07) is 0. The molecule has 5 heteroatoms. The summed E-state index contributed by atoms with van der Waals surface area (Å²) >= 11 is 0. The minimum Gasteiger partial charge on any atom is -0.338 e. The molecule has 13 heavy (non-hydrogen) atoms. The summed E-state index contributed by atoms with van der Waals surface area (Å²) in [5, 5.41) is 0. The highest BCUT2D eigenvalue weighted by molar-refractivity contribution is 5.98. The number of carbonyl (C=O) groups is 2. The van der Waals surface area contributed by atoms with E-state index in [1.165, 1.54) is 6.92 Å². The third kappa shape index (κ3) is 4.01. The van der Waals surface area contributed by atoms with Gasteiger partial charge in [-0.1, -0.05) is 0 Å². The molecule has 0 spiro atoms. The second kappa shape index (κ2) is 7.22. The van der Waals surface area contributed by atoms with Gasteiger partial charge in [-0.2, -0.15) is 0 Å². The van der Waals surface area contributed by atoms with Crippen LogP contribution in [-0.4, -0.2) is 48.4 Å². The summed E-state index contributed by atoms with van der Waals surface area (Å²) in [7, 11) is 0. The molecule has 4 nitrogen and oxygen atoms in total. The number of ketones is 1. The highest BCUT2D eigenvalue weighted by Gasteiger charge is 2.36. The first-order chi connectivity index (χ1) is 5.63. The maximum atomic E-state index is 11.0. The molecule has 76 valence electrons. The van der Waals surface area contributed by atoms with Crippen LogP contribution in [0, 0.1) is 0 Å². The average molecular weight is 204 g/mol. The van der Waals surface area contributed by atoms with Gasteiger partial charge >= 0.3 is 0 Å². The number of aldehydes is 1. The van der Waals surface area contributed by atoms with Gasteiger partial charge in [0.1, 0.15) is 0 Å². The minimum atomic E-state index is -1.68. The molecule has 0 amide bonds. The largest absolute Gasteiger partial charge is 0.338 e. The lowest BCUT2D eigenvalue weighted by atomic mass is 10.2. The zero-order valence-electron chi connectivity index (χ0n) is 7.62. The minimum absolute atomic E-state index is 0. The maximum Gasteiger partial charge on any atom is 0.287 e. The third-order valence-corrected chi connectivity index (χ3v) is 1.36. The highest BCUT2D eigenvalue weighted by atomic mass is 27.0. The molecule has 0 rings (SSSR count). The molecule has 0 radical (unpaired) electrons. The van der Waals surface area contributed by atoms with E-state index in [4.69, 9.17) is 9.47 Å². The Morgan fingerprint density at radius 1 is 1.31 bits per heavy atom. The topological polar surface area (TPSA) is 52.6 Å². The van der Waals surface area contributed by atoms with Gasteiger partial charge in [-0.15, -0.1) is 0 Å². The van der Waals surface area contributed by atoms with Gasteiger partial charge in [-0.05, 0) is 13.8 Å². The molecule has 0 fully saturated rings. The molecule has 0 N–H and O–H groups in total. The number of rotatable bonds is 6. The van der Waals surface area contributed by atoms with Crippen molar-refractivity contribution in [2.45, 2.75) is 26.6 Å². The van der Waals surface area contributed by atoms with Gasteiger partial charge in [0.05, 0.1) is 0 Å². The van der Waals surface area contributed by atoms with Crippen LogP contribution in [0.3, 0.4) is 0 Å². The van der Waals surface area contributed by atoms with Crippen LogP contribution in [0.25, 0.3) is 0 Å². The fourth-order valence-corrected chi connectivity index (χ4v) is 0.825. The predicted octanol–water partition coefficient (Wildman–Crippen LogP) is -0.640. The molecule has 0 heterocycles. The van der Waals surface area contributed by atoms with Crippen molar-refractivity contribution in [3.8, 4) is 0 Å². The van der Waals surface area contributed by atoms with E-state index in [9.17, 15) is 9.59 Å². The molecule has 0 bridgehead atoms. The monoisotopic (exact) mass is 204 g/mol. The first kappa shape index (κ1) is 15.3. The molecule has 0 atom stereocenters. The molecule has 0 aliphatic carbocycles. The molecule has 0 aliphatic heterocycles. The number of ether oxygens (including phenoxy) is 2. The molecule has 0 saturated heterocycles. The van der Waals surface area contributed by atoms with E-state index in [2.05, 4.69) is 0 Å². The molecular weight excluding hydrogens is 187 g/mol. The van der Waals surface area contributed by atoms with Crippen LogP contribution in [0.2, 0.25) is 0 Å². The molecule has 0 aliphatic rings. The third-order valence-electron chi connectivity index (χ3n) is 1.36. The van der Waals surface area contributed by atoms with Crippen LogP contribution >= 0.6 is 0 Å². The highest BCUT2D eigenvalue weighted by Crippen LogP contribution is 2.11. The van der Waals surface area contributed by atoms with Crippen molar-refractivity contribution in [3.05, 3.63) is 0 Å². The molecule has 0 aromatic heterocycles. The van der Waals surface area contributed by atoms with Gasteiger partial charge in [0.25, 0.3) is 5.79 Å². The lowest BCUT2D eigenvalue weighted by Gasteiger charge is -2.23. The van der Waals surface area contributed by atoms with Crippen LogP contribution < -0.4 is 0 Å². The van der Waals surface area contributed by atoms with Crippen molar-refractivity contribution in [1.29, 1.82) is 0 Å². The quantitative estimate of drug-likeness (QED) is 0.250. The standard InChI is InChI=1S/C8H14O4.Al.3H/c1-4-11-8(6-9,7(3)10)12-5-2;;;;/h6H,4-5H2,1-3H3;;;;. The fourth-order valence-electron chi connectivity index (χ4n) is 0.825. The normalized spacial score (nSPS) is 10.4. The van der Waals surface area contributed by atoms with Crippen LogP contribution in [0.15, 0.2) is 0 Å². The van der Waals surface area contributed by atoms with Crippen molar-refractivity contribution >= 4 is 29.4 Å². The second-order valence-electron chi connectivity index (χ2n) is 2.21. The summed E-state index contributed by atoms with van der Waals surface area (Å²) in [5.74, 6) is -2.11. The number of hydrogen-bond acceptors (Lipinski definition) is 4. The van der Waals surface area contributed by atoms with Crippen LogP contribution in [0.1, 0.15) is 20.8 Å². The molecule has 0 unspecified atom stereocenters. The van der Waals surface area contributed by atoms with Gasteiger partial charge in [0.15, 0.2) is 29.4 Å². The van der Waals surface area contributed by atoms with E-state index in [0.717, 1.165) is 0 Å². The van der Waals surface area contributed by atoms with Crippen LogP contribution in [0.4, 0.5) is 0 Å². The Balaban J connectivity index is 0. The average Bonchev–Trinajstić information content (AvgIpc) is 2.03. The first-order valence-corrected chi connectivity index (χ1v) is 3.88. The molecule has 0 aromatic rings. The zero-order chi connectivity index (χ0) is 9.61. The summed E-state index contributed by atoms with van der Waals surface area (Å²) < 4.78 is 9.88. The zero-order valence-corrected chi connectivity index (χ0v) is 7.62. The van der Waals surface area contributed by atoms with E-state index < -0.39 is 11.6 Å². The molecule has 0 saturated carbocycles. The summed E-state index contributed by atoms with van der Waals surface area (Å²) in [5.41, 5.74) is 0. The molecular formula is C8H17AlO4. The number of Topliss-reactive ketones (excluding diaryl/α,β-unsaturated/α-hetero) is 1. The number of carbonyl (C=O) groups excluding carboxylic acids is 2. The fraction of sp³-hybridized carbons (Fsp3) is 0.750. The Bertz CT molecular complexity index is 164. The van der Waals surface area contributed by atoms with Crippen LogP contribution in [-0.2, 0) is 19.1 Å². The van der Waals surface area contributed by atoms with Gasteiger partial charge in [-0.3, -0.25) is 9.59 Å². The lowest BCUT2D eigenvalue weighted by molar-refractivity contribution is -0.212. The van der Waals surface area contributed by atoms with Crippen molar-refractivity contribution in [2.24, 2.45) is 0 Å². The van der Waals surface area contributed by atoms with Crippen molar-refractivity contribution in [3.63, 3.8) is 0 Å². The Morgan fingerprint density at radius 2 is 1.69 bits per heavy atom. The number of hydrogen-bond donors (Lipinski definition) is 0. The van der Waals surface area contributed by atoms with Crippen molar-refractivity contribution in [2.75, 3.05) is 13.2 Å².